The highest BCUT2D eigenvalue weighted by Gasteiger charge is 2.31. The molecule has 0 aliphatic carbocycles. The first-order valence-corrected chi connectivity index (χ1v) is 11.2. The van der Waals surface area contributed by atoms with Crippen molar-refractivity contribution in [3.8, 4) is 22.4 Å². The van der Waals surface area contributed by atoms with E-state index in [-0.39, 0.29) is 12.1 Å². The van der Waals surface area contributed by atoms with Gasteiger partial charge in [-0.05, 0) is 49.1 Å². The Kier molecular flexibility index (Phi) is 6.49. The van der Waals surface area contributed by atoms with Crippen molar-refractivity contribution in [2.24, 2.45) is 5.41 Å². The number of ether oxygens (including phenoxy) is 1. The van der Waals surface area contributed by atoms with Crippen LogP contribution in [0.1, 0.15) is 51.8 Å². The van der Waals surface area contributed by atoms with Crippen LogP contribution in [0, 0.1) is 5.41 Å². The molecule has 0 radical (unpaired) electrons. The highest BCUT2D eigenvalue weighted by Crippen LogP contribution is 2.37. The molecule has 3 aromatic rings. The first-order chi connectivity index (χ1) is 16.0. The van der Waals surface area contributed by atoms with Gasteiger partial charge in [-0.15, -0.1) is 0 Å². The van der Waals surface area contributed by atoms with Crippen molar-refractivity contribution in [2.45, 2.75) is 52.4 Å². The third-order valence-corrected chi connectivity index (χ3v) is 5.64. The Morgan fingerprint density at radius 2 is 1.91 bits per heavy atom. The molecule has 4 rings (SSSR count). The Balaban J connectivity index is 1.78. The van der Waals surface area contributed by atoms with E-state index >= 15 is 0 Å². The lowest BCUT2D eigenvalue weighted by Crippen LogP contribution is -2.27. The van der Waals surface area contributed by atoms with Crippen LogP contribution in [-0.4, -0.2) is 27.3 Å². The quantitative estimate of drug-likeness (QED) is 0.483. The minimum absolute atomic E-state index is 0.193. The number of hydrogen-bond donors (Lipinski definition) is 1. The van der Waals surface area contributed by atoms with Crippen molar-refractivity contribution in [2.75, 3.05) is 11.9 Å². The van der Waals surface area contributed by atoms with E-state index in [4.69, 9.17) is 4.74 Å². The summed E-state index contributed by atoms with van der Waals surface area (Å²) >= 11 is 0. The number of pyridine rings is 1. The van der Waals surface area contributed by atoms with Gasteiger partial charge < -0.3 is 10.1 Å². The summed E-state index contributed by atoms with van der Waals surface area (Å²) in [5, 5.41) is 7.45. The molecule has 1 amide bonds. The molecule has 2 aromatic heterocycles. The largest absolute Gasteiger partial charge is 0.416 e. The molecule has 1 saturated heterocycles. The zero-order valence-corrected chi connectivity index (χ0v) is 19.3. The van der Waals surface area contributed by atoms with Gasteiger partial charge in [0.15, 0.2) is 0 Å². The first kappa shape index (κ1) is 23.9. The SMILES string of the molecule is CC(C)(C)C(=O)Nc1cc(-c2cn(C3CCCCO3)nc2-c2cccc(C(F)(F)F)c2)ccn1. The molecule has 1 N–H and O–H groups in total. The van der Waals surface area contributed by atoms with E-state index in [9.17, 15) is 18.0 Å². The number of rotatable bonds is 4. The van der Waals surface area contributed by atoms with E-state index in [0.717, 1.165) is 31.4 Å². The van der Waals surface area contributed by atoms with Crippen LogP contribution in [0.2, 0.25) is 0 Å². The average molecular weight is 473 g/mol. The van der Waals surface area contributed by atoms with Gasteiger partial charge in [0.1, 0.15) is 17.7 Å². The second-order valence-corrected chi connectivity index (χ2v) is 9.41. The van der Waals surface area contributed by atoms with Gasteiger partial charge in [-0.2, -0.15) is 18.3 Å². The molecule has 1 atom stereocenters. The fourth-order valence-corrected chi connectivity index (χ4v) is 3.71. The highest BCUT2D eigenvalue weighted by molar-refractivity contribution is 5.94. The van der Waals surface area contributed by atoms with E-state index in [1.165, 1.54) is 6.07 Å². The smallest absolute Gasteiger partial charge is 0.357 e. The number of anilines is 1. The Labute approximate surface area is 196 Å². The van der Waals surface area contributed by atoms with Crippen molar-refractivity contribution in [1.29, 1.82) is 0 Å². The normalized spacial score (nSPS) is 16.9. The topological polar surface area (TPSA) is 69.0 Å². The number of amides is 1. The molecule has 6 nitrogen and oxygen atoms in total. The summed E-state index contributed by atoms with van der Waals surface area (Å²) < 4.78 is 47.7. The van der Waals surface area contributed by atoms with Crippen molar-refractivity contribution in [1.82, 2.24) is 14.8 Å². The summed E-state index contributed by atoms with van der Waals surface area (Å²) in [7, 11) is 0. The maximum atomic E-state index is 13.4. The first-order valence-electron chi connectivity index (χ1n) is 11.2. The molecular formula is C25H27F3N4O2. The number of halogens is 3. The number of nitrogens with one attached hydrogen (secondary N) is 1. The maximum Gasteiger partial charge on any atom is 0.416 e. The van der Waals surface area contributed by atoms with Gasteiger partial charge in [-0.3, -0.25) is 4.79 Å². The molecule has 0 spiro atoms. The number of alkyl halides is 3. The van der Waals surface area contributed by atoms with Gasteiger partial charge in [0, 0.05) is 35.5 Å². The fraction of sp³-hybridized carbons (Fsp3) is 0.400. The van der Waals surface area contributed by atoms with E-state index in [0.29, 0.717) is 34.8 Å². The van der Waals surface area contributed by atoms with Gasteiger partial charge in [0.25, 0.3) is 0 Å². The molecule has 1 aliphatic rings. The summed E-state index contributed by atoms with van der Waals surface area (Å²) in [6, 6.07) is 8.56. The minimum Gasteiger partial charge on any atom is -0.357 e. The van der Waals surface area contributed by atoms with Crippen LogP contribution in [0.3, 0.4) is 0 Å². The second kappa shape index (κ2) is 9.21. The predicted molar refractivity (Wildman–Crippen MR) is 123 cm³/mol. The van der Waals surface area contributed by atoms with Gasteiger partial charge in [-0.1, -0.05) is 32.9 Å². The lowest BCUT2D eigenvalue weighted by Gasteiger charge is -2.22. The molecule has 1 fully saturated rings. The average Bonchev–Trinajstić information content (AvgIpc) is 3.24. The fourth-order valence-electron chi connectivity index (χ4n) is 3.71. The molecule has 3 heterocycles. The Morgan fingerprint density at radius 3 is 2.59 bits per heavy atom. The van der Waals surface area contributed by atoms with Crippen LogP contribution in [0.5, 0.6) is 0 Å². The highest BCUT2D eigenvalue weighted by atomic mass is 19.4. The van der Waals surface area contributed by atoms with Crippen LogP contribution in [-0.2, 0) is 15.7 Å². The number of carbonyl (C=O) groups excluding carboxylic acids is 1. The molecule has 0 saturated carbocycles. The van der Waals surface area contributed by atoms with E-state index in [1.54, 1.807) is 56.0 Å². The molecule has 9 heteroatoms. The van der Waals surface area contributed by atoms with Gasteiger partial charge in [0.2, 0.25) is 5.91 Å². The van der Waals surface area contributed by atoms with Gasteiger partial charge >= 0.3 is 6.18 Å². The van der Waals surface area contributed by atoms with Crippen molar-refractivity contribution >= 4 is 11.7 Å². The number of nitrogens with zero attached hydrogens (tertiary/aromatic N) is 3. The van der Waals surface area contributed by atoms with Gasteiger partial charge in [0.05, 0.1) is 5.56 Å². The summed E-state index contributed by atoms with van der Waals surface area (Å²) in [6.45, 7) is 6.00. The standard InChI is InChI=1S/C25H27F3N4O2/c1-24(2,3)23(33)30-20-14-16(10-11-29-20)19-15-32(21-9-4-5-12-34-21)31-22(19)17-7-6-8-18(13-17)25(26,27)28/h6-8,10-11,13-15,21H,4-5,9,12H2,1-3H3,(H,29,30,33). The van der Waals surface area contributed by atoms with E-state index in [2.05, 4.69) is 15.4 Å². The summed E-state index contributed by atoms with van der Waals surface area (Å²) in [5.41, 5.74) is 0.698. The lowest BCUT2D eigenvalue weighted by molar-refractivity contribution is -0.137. The molecule has 1 aromatic carbocycles. The third kappa shape index (κ3) is 5.30. The number of aromatic nitrogens is 3. The third-order valence-electron chi connectivity index (χ3n) is 5.64. The summed E-state index contributed by atoms with van der Waals surface area (Å²) in [6.07, 6.45) is 1.31. The van der Waals surface area contributed by atoms with Crippen molar-refractivity contribution < 1.29 is 22.7 Å². The summed E-state index contributed by atoms with van der Waals surface area (Å²) in [4.78, 5) is 16.7. The maximum absolute atomic E-state index is 13.4. The minimum atomic E-state index is -4.47. The lowest BCUT2D eigenvalue weighted by atomic mass is 9.95. The van der Waals surface area contributed by atoms with Crippen LogP contribution >= 0.6 is 0 Å². The van der Waals surface area contributed by atoms with E-state index in [1.807, 2.05) is 0 Å². The molecule has 1 aliphatic heterocycles. The zero-order chi connectivity index (χ0) is 24.5. The number of benzene rings is 1. The molecule has 1 unspecified atom stereocenters. The molecule has 180 valence electrons. The Morgan fingerprint density at radius 1 is 1.12 bits per heavy atom. The van der Waals surface area contributed by atoms with E-state index < -0.39 is 17.2 Å². The van der Waals surface area contributed by atoms with Crippen LogP contribution in [0.25, 0.3) is 22.4 Å². The zero-order valence-electron chi connectivity index (χ0n) is 19.3. The second-order valence-electron chi connectivity index (χ2n) is 9.41. The van der Waals surface area contributed by atoms with Gasteiger partial charge in [-0.25, -0.2) is 9.67 Å². The molecular weight excluding hydrogens is 445 g/mol. The van der Waals surface area contributed by atoms with Crippen LogP contribution < -0.4 is 5.32 Å². The number of hydrogen-bond acceptors (Lipinski definition) is 4. The number of carbonyl (C=O) groups is 1. The van der Waals surface area contributed by atoms with Crippen LogP contribution in [0.15, 0.2) is 48.8 Å². The Bertz CT molecular complexity index is 1180. The Hall–Kier alpha value is -3.20. The summed E-state index contributed by atoms with van der Waals surface area (Å²) in [5.74, 6) is 0.163. The molecule has 0 bridgehead atoms. The molecule has 34 heavy (non-hydrogen) atoms. The van der Waals surface area contributed by atoms with Crippen molar-refractivity contribution in [3.63, 3.8) is 0 Å². The van der Waals surface area contributed by atoms with Crippen LogP contribution in [0.4, 0.5) is 19.0 Å². The monoisotopic (exact) mass is 472 g/mol. The van der Waals surface area contributed by atoms with Crippen molar-refractivity contribution in [3.05, 3.63) is 54.4 Å². The predicted octanol–water partition coefficient (Wildman–Crippen LogP) is 6.31.